The van der Waals surface area contributed by atoms with E-state index in [0.717, 1.165) is 18.4 Å². The highest BCUT2D eigenvalue weighted by molar-refractivity contribution is 9.10. The van der Waals surface area contributed by atoms with Gasteiger partial charge in [0.25, 0.3) is 5.69 Å². The summed E-state index contributed by atoms with van der Waals surface area (Å²) in [6.07, 6.45) is 2.30. The number of hydrogen-bond acceptors (Lipinski definition) is 3. The summed E-state index contributed by atoms with van der Waals surface area (Å²) in [5.41, 5.74) is 1.70. The van der Waals surface area contributed by atoms with Gasteiger partial charge in [-0.3, -0.25) is 10.1 Å². The Labute approximate surface area is 89.8 Å². The molecule has 0 heterocycles. The van der Waals surface area contributed by atoms with Gasteiger partial charge in [0.2, 0.25) is 0 Å². The van der Waals surface area contributed by atoms with Gasteiger partial charge < -0.3 is 4.34 Å². The SMILES string of the molecule is O=[N+]([O-])c1cc(C2CC2)ccc1NBr. The molecular weight excluding hydrogens is 248 g/mol. The second kappa shape index (κ2) is 3.57. The highest BCUT2D eigenvalue weighted by Crippen LogP contribution is 2.42. The molecule has 74 valence electrons. The van der Waals surface area contributed by atoms with Crippen LogP contribution in [0.1, 0.15) is 24.3 Å². The first-order valence-corrected chi connectivity index (χ1v) is 5.16. The number of nitro benzene ring substituents is 1. The fourth-order valence-electron chi connectivity index (χ4n) is 1.45. The molecule has 0 radical (unpaired) electrons. The van der Waals surface area contributed by atoms with E-state index < -0.39 is 0 Å². The maximum Gasteiger partial charge on any atom is 0.293 e. The summed E-state index contributed by atoms with van der Waals surface area (Å²) in [7, 11) is 0. The van der Waals surface area contributed by atoms with Crippen LogP contribution in [0.4, 0.5) is 11.4 Å². The molecule has 4 nitrogen and oxygen atoms in total. The van der Waals surface area contributed by atoms with Crippen LogP contribution < -0.4 is 4.34 Å². The summed E-state index contributed by atoms with van der Waals surface area (Å²) >= 11 is 3.00. The van der Waals surface area contributed by atoms with Crippen molar-refractivity contribution in [3.8, 4) is 0 Å². The standard InChI is InChI=1S/C9H9BrN2O2/c10-11-8-4-3-7(6-1-2-6)5-9(8)12(13)14/h3-6,11H,1-2H2. The fraction of sp³-hybridized carbons (Fsp3) is 0.333. The Morgan fingerprint density at radius 3 is 2.71 bits per heavy atom. The van der Waals surface area contributed by atoms with Crippen LogP contribution in [0, 0.1) is 10.1 Å². The monoisotopic (exact) mass is 256 g/mol. The zero-order chi connectivity index (χ0) is 10.1. The summed E-state index contributed by atoms with van der Waals surface area (Å²) in [5, 5.41) is 10.7. The Balaban J connectivity index is 2.40. The zero-order valence-corrected chi connectivity index (χ0v) is 8.95. The molecule has 0 aliphatic heterocycles. The summed E-state index contributed by atoms with van der Waals surface area (Å²) in [6, 6.07) is 5.33. The number of benzene rings is 1. The molecule has 0 aromatic heterocycles. The third kappa shape index (κ3) is 1.72. The van der Waals surface area contributed by atoms with Gasteiger partial charge in [0.15, 0.2) is 0 Å². The van der Waals surface area contributed by atoms with Gasteiger partial charge in [0.05, 0.1) is 4.92 Å². The second-order valence-corrected chi connectivity index (χ2v) is 3.80. The average Bonchev–Trinajstić information content (AvgIpc) is 3.00. The number of nitrogens with one attached hydrogen (secondary N) is 1. The van der Waals surface area contributed by atoms with Gasteiger partial charge in [-0.2, -0.15) is 0 Å². The van der Waals surface area contributed by atoms with Crippen molar-refractivity contribution in [3.05, 3.63) is 33.9 Å². The number of anilines is 1. The summed E-state index contributed by atoms with van der Waals surface area (Å²) in [5.74, 6) is 0.540. The minimum Gasteiger partial charge on any atom is -0.317 e. The van der Waals surface area contributed by atoms with Gasteiger partial charge >= 0.3 is 0 Å². The largest absolute Gasteiger partial charge is 0.317 e. The molecule has 0 saturated heterocycles. The van der Waals surface area contributed by atoms with Gasteiger partial charge in [0, 0.05) is 22.2 Å². The van der Waals surface area contributed by atoms with Gasteiger partial charge in [-0.05, 0) is 30.4 Å². The van der Waals surface area contributed by atoms with E-state index in [4.69, 9.17) is 0 Å². The lowest BCUT2D eigenvalue weighted by atomic mass is 10.1. The topological polar surface area (TPSA) is 55.2 Å². The zero-order valence-electron chi connectivity index (χ0n) is 7.37. The maximum absolute atomic E-state index is 10.7. The smallest absolute Gasteiger partial charge is 0.293 e. The molecular formula is C9H9BrN2O2. The number of nitrogens with zero attached hydrogens (tertiary/aromatic N) is 1. The molecule has 1 aliphatic carbocycles. The molecule has 5 heteroatoms. The van der Waals surface area contributed by atoms with Crippen LogP contribution in [0.15, 0.2) is 18.2 Å². The predicted octanol–water partition coefficient (Wildman–Crippen LogP) is 3.19. The molecule has 14 heavy (non-hydrogen) atoms. The fourth-order valence-corrected chi connectivity index (χ4v) is 1.79. The Kier molecular flexibility index (Phi) is 2.41. The van der Waals surface area contributed by atoms with Crippen LogP contribution in [-0.4, -0.2) is 4.92 Å². The first-order chi connectivity index (χ1) is 6.72. The van der Waals surface area contributed by atoms with E-state index in [-0.39, 0.29) is 10.6 Å². The van der Waals surface area contributed by atoms with Gasteiger partial charge in [0.1, 0.15) is 5.69 Å². The van der Waals surface area contributed by atoms with E-state index in [2.05, 4.69) is 20.5 Å². The van der Waals surface area contributed by atoms with E-state index >= 15 is 0 Å². The molecule has 1 saturated carbocycles. The third-order valence-electron chi connectivity index (χ3n) is 2.37. The molecule has 0 spiro atoms. The van der Waals surface area contributed by atoms with Crippen LogP contribution in [-0.2, 0) is 0 Å². The van der Waals surface area contributed by atoms with Crippen LogP contribution in [0.5, 0.6) is 0 Å². The molecule has 1 aliphatic rings. The average molecular weight is 257 g/mol. The van der Waals surface area contributed by atoms with E-state index in [0.29, 0.717) is 11.6 Å². The van der Waals surface area contributed by atoms with Crippen molar-refractivity contribution in [2.24, 2.45) is 0 Å². The quantitative estimate of drug-likeness (QED) is 0.514. The molecule has 1 fully saturated rings. The first-order valence-electron chi connectivity index (χ1n) is 4.37. The van der Waals surface area contributed by atoms with Crippen molar-refractivity contribution in [1.29, 1.82) is 0 Å². The molecule has 0 bridgehead atoms. The van der Waals surface area contributed by atoms with E-state index in [1.807, 2.05) is 6.07 Å². The van der Waals surface area contributed by atoms with Crippen molar-refractivity contribution < 1.29 is 4.92 Å². The minimum absolute atomic E-state index is 0.131. The van der Waals surface area contributed by atoms with Gasteiger partial charge in [-0.15, -0.1) is 0 Å². The molecule has 1 N–H and O–H groups in total. The Morgan fingerprint density at radius 2 is 2.21 bits per heavy atom. The van der Waals surface area contributed by atoms with Crippen molar-refractivity contribution in [2.45, 2.75) is 18.8 Å². The van der Waals surface area contributed by atoms with Crippen LogP contribution >= 0.6 is 16.1 Å². The van der Waals surface area contributed by atoms with Crippen LogP contribution in [0.25, 0.3) is 0 Å². The molecule has 0 unspecified atom stereocenters. The second-order valence-electron chi connectivity index (χ2n) is 3.40. The van der Waals surface area contributed by atoms with Crippen molar-refractivity contribution in [1.82, 2.24) is 0 Å². The normalized spacial score (nSPS) is 15.2. The van der Waals surface area contributed by atoms with Gasteiger partial charge in [-0.25, -0.2) is 0 Å². The molecule has 0 atom stereocenters. The van der Waals surface area contributed by atoms with E-state index in [9.17, 15) is 10.1 Å². The first kappa shape index (κ1) is 9.45. The number of rotatable bonds is 3. The number of halogens is 1. The van der Waals surface area contributed by atoms with E-state index in [1.54, 1.807) is 12.1 Å². The number of nitro groups is 1. The summed E-state index contributed by atoms with van der Waals surface area (Å²) in [6.45, 7) is 0. The van der Waals surface area contributed by atoms with Gasteiger partial charge in [-0.1, -0.05) is 6.07 Å². The highest BCUT2D eigenvalue weighted by atomic mass is 79.9. The lowest BCUT2D eigenvalue weighted by Crippen LogP contribution is -1.94. The Morgan fingerprint density at radius 1 is 1.50 bits per heavy atom. The summed E-state index contributed by atoms with van der Waals surface area (Å²) < 4.78 is 2.63. The molecule has 1 aromatic rings. The Hall–Kier alpha value is -1.10. The lowest BCUT2D eigenvalue weighted by molar-refractivity contribution is -0.383. The van der Waals surface area contributed by atoms with Crippen molar-refractivity contribution >= 4 is 27.5 Å². The van der Waals surface area contributed by atoms with Crippen LogP contribution in [0.3, 0.4) is 0 Å². The minimum atomic E-state index is -0.366. The van der Waals surface area contributed by atoms with Crippen LogP contribution in [0.2, 0.25) is 0 Å². The van der Waals surface area contributed by atoms with E-state index in [1.165, 1.54) is 0 Å². The lowest BCUT2D eigenvalue weighted by Gasteiger charge is -2.02. The molecule has 1 aromatic carbocycles. The number of hydrogen-bond donors (Lipinski definition) is 1. The maximum atomic E-state index is 10.7. The highest BCUT2D eigenvalue weighted by Gasteiger charge is 2.26. The van der Waals surface area contributed by atoms with Crippen molar-refractivity contribution in [3.63, 3.8) is 0 Å². The predicted molar refractivity (Wildman–Crippen MR) is 57.6 cm³/mol. The van der Waals surface area contributed by atoms with Crippen molar-refractivity contribution in [2.75, 3.05) is 4.34 Å². The third-order valence-corrected chi connectivity index (χ3v) is 2.80. The Bertz CT molecular complexity index is 377. The molecule has 2 rings (SSSR count). The summed E-state index contributed by atoms with van der Waals surface area (Å²) in [4.78, 5) is 10.4. The molecule has 0 amide bonds.